The van der Waals surface area contributed by atoms with Crippen LogP contribution in [0.3, 0.4) is 0 Å². The number of para-hydroxylation sites is 1. The van der Waals surface area contributed by atoms with E-state index in [1.54, 1.807) is 12.0 Å². The number of rotatable bonds is 6. The molecular weight excluding hydrogens is 390 g/mol. The van der Waals surface area contributed by atoms with E-state index in [1.165, 1.54) is 6.08 Å². The predicted octanol–water partition coefficient (Wildman–Crippen LogP) is 5.31. The second-order valence-corrected chi connectivity index (χ2v) is 7.86. The van der Waals surface area contributed by atoms with Gasteiger partial charge in [0.25, 0.3) is 5.91 Å². The number of hydrogen-bond acceptors (Lipinski definition) is 4. The number of fused-ring (bicyclic) bond motifs is 1. The van der Waals surface area contributed by atoms with Crippen LogP contribution in [0.2, 0.25) is 0 Å². The molecule has 0 saturated carbocycles. The van der Waals surface area contributed by atoms with E-state index < -0.39 is 11.5 Å². The third kappa shape index (κ3) is 4.04. The highest BCUT2D eigenvalue weighted by atomic mass is 16.5. The van der Waals surface area contributed by atoms with Crippen LogP contribution in [-0.2, 0) is 20.9 Å². The first kappa shape index (κ1) is 22.1. The molecule has 1 heterocycles. The van der Waals surface area contributed by atoms with Gasteiger partial charge in [-0.15, -0.1) is 0 Å². The fourth-order valence-corrected chi connectivity index (χ4v) is 4.20. The average molecular weight is 418 g/mol. The van der Waals surface area contributed by atoms with Crippen LogP contribution in [0.4, 0.5) is 5.69 Å². The van der Waals surface area contributed by atoms with Crippen LogP contribution < -0.4 is 9.64 Å². The molecule has 0 atom stereocenters. The lowest BCUT2D eigenvalue weighted by atomic mass is 9.83. The minimum absolute atomic E-state index is 0.0309. The number of methoxy groups -OCH3 is 1. The number of amides is 1. The van der Waals surface area contributed by atoms with Crippen LogP contribution in [0.1, 0.15) is 31.9 Å². The van der Waals surface area contributed by atoms with Gasteiger partial charge in [-0.3, -0.25) is 9.69 Å². The minimum Gasteiger partial charge on any atom is -0.496 e. The SMILES string of the molecule is C=CC(=O)OCc1c(-c2ccccc2OC)ccc2c1C(C)=CC(C)(C)N2C(=O)C=C. The first-order valence-electron chi connectivity index (χ1n) is 10.00. The monoisotopic (exact) mass is 417 g/mol. The van der Waals surface area contributed by atoms with Crippen molar-refractivity contribution in [3.8, 4) is 16.9 Å². The van der Waals surface area contributed by atoms with E-state index in [0.29, 0.717) is 5.75 Å². The Labute approximate surface area is 183 Å². The number of allylic oxidation sites excluding steroid dienone is 1. The highest BCUT2D eigenvalue weighted by Crippen LogP contribution is 2.45. The third-order valence-corrected chi connectivity index (χ3v) is 5.39. The number of ether oxygens (including phenoxy) is 2. The number of carbonyl (C=O) groups is 2. The molecular formula is C26H27NO4. The number of nitrogens with zero attached hydrogens (tertiary/aromatic N) is 1. The molecule has 5 nitrogen and oxygen atoms in total. The van der Waals surface area contributed by atoms with Gasteiger partial charge in [0.2, 0.25) is 0 Å². The molecule has 0 radical (unpaired) electrons. The van der Waals surface area contributed by atoms with Crippen molar-refractivity contribution >= 4 is 23.1 Å². The molecule has 0 aromatic heterocycles. The first-order chi connectivity index (χ1) is 14.7. The summed E-state index contributed by atoms with van der Waals surface area (Å²) in [7, 11) is 1.62. The smallest absolute Gasteiger partial charge is 0.330 e. The number of benzene rings is 2. The van der Waals surface area contributed by atoms with Crippen LogP contribution >= 0.6 is 0 Å². The maximum atomic E-state index is 12.8. The summed E-state index contributed by atoms with van der Waals surface area (Å²) >= 11 is 0. The summed E-state index contributed by atoms with van der Waals surface area (Å²) < 4.78 is 11.0. The molecule has 1 aliphatic rings. The summed E-state index contributed by atoms with van der Waals surface area (Å²) in [6.45, 7) is 13.1. The Morgan fingerprint density at radius 1 is 1.06 bits per heavy atom. The fourth-order valence-electron chi connectivity index (χ4n) is 4.20. The molecule has 2 aromatic rings. The zero-order chi connectivity index (χ0) is 22.8. The first-order valence-corrected chi connectivity index (χ1v) is 10.00. The van der Waals surface area contributed by atoms with E-state index in [1.807, 2.05) is 63.2 Å². The van der Waals surface area contributed by atoms with Crippen LogP contribution in [0.5, 0.6) is 5.75 Å². The summed E-state index contributed by atoms with van der Waals surface area (Å²) in [5, 5.41) is 0. The van der Waals surface area contributed by atoms with Gasteiger partial charge in [-0.05, 0) is 50.1 Å². The zero-order valence-electron chi connectivity index (χ0n) is 18.4. The molecule has 0 fully saturated rings. The van der Waals surface area contributed by atoms with Crippen LogP contribution in [0.15, 0.2) is 67.8 Å². The second kappa shape index (κ2) is 8.64. The number of esters is 1. The van der Waals surface area contributed by atoms with Gasteiger partial charge >= 0.3 is 5.97 Å². The molecule has 2 aromatic carbocycles. The van der Waals surface area contributed by atoms with E-state index in [9.17, 15) is 9.59 Å². The van der Waals surface area contributed by atoms with Crippen molar-refractivity contribution in [2.24, 2.45) is 0 Å². The highest BCUT2D eigenvalue weighted by Gasteiger charge is 2.36. The quantitative estimate of drug-likeness (QED) is 0.472. The van der Waals surface area contributed by atoms with E-state index in [4.69, 9.17) is 9.47 Å². The summed E-state index contributed by atoms with van der Waals surface area (Å²) in [5.41, 5.74) is 4.60. The van der Waals surface area contributed by atoms with Gasteiger partial charge in [0.1, 0.15) is 12.4 Å². The van der Waals surface area contributed by atoms with Gasteiger partial charge in [0.15, 0.2) is 0 Å². The van der Waals surface area contributed by atoms with Crippen molar-refractivity contribution in [2.45, 2.75) is 32.9 Å². The molecule has 0 unspecified atom stereocenters. The summed E-state index contributed by atoms with van der Waals surface area (Å²) in [4.78, 5) is 26.4. The molecule has 0 N–H and O–H groups in total. The lowest BCUT2D eigenvalue weighted by Crippen LogP contribution is -2.48. The topological polar surface area (TPSA) is 55.8 Å². The molecule has 1 aliphatic heterocycles. The summed E-state index contributed by atoms with van der Waals surface area (Å²) in [5.74, 6) is -0.00926. The lowest BCUT2D eigenvalue weighted by molar-refractivity contribution is -0.139. The third-order valence-electron chi connectivity index (χ3n) is 5.39. The Bertz CT molecular complexity index is 1090. The zero-order valence-corrected chi connectivity index (χ0v) is 18.4. The Kier molecular flexibility index (Phi) is 6.16. The Hall–Kier alpha value is -3.60. The van der Waals surface area contributed by atoms with Crippen molar-refractivity contribution in [3.05, 3.63) is 78.9 Å². The van der Waals surface area contributed by atoms with Crippen LogP contribution in [0.25, 0.3) is 16.7 Å². The van der Waals surface area contributed by atoms with E-state index in [-0.39, 0.29) is 12.5 Å². The van der Waals surface area contributed by atoms with Crippen molar-refractivity contribution in [1.82, 2.24) is 0 Å². The molecule has 5 heteroatoms. The molecule has 3 rings (SSSR count). The maximum Gasteiger partial charge on any atom is 0.330 e. The molecule has 0 bridgehead atoms. The molecule has 160 valence electrons. The van der Waals surface area contributed by atoms with Gasteiger partial charge in [-0.1, -0.05) is 43.5 Å². The van der Waals surface area contributed by atoms with E-state index >= 15 is 0 Å². The van der Waals surface area contributed by atoms with Crippen LogP contribution in [0, 0.1) is 0 Å². The molecule has 1 amide bonds. The molecule has 0 aliphatic carbocycles. The Morgan fingerprint density at radius 2 is 1.77 bits per heavy atom. The summed E-state index contributed by atoms with van der Waals surface area (Å²) in [6.07, 6.45) is 4.49. The standard InChI is InChI=1S/C26H27NO4/c1-7-23(28)27-21-14-13-18(19-11-9-10-12-22(19)30-6)20(16-31-24(29)8-2)25(21)17(3)15-26(27,4)5/h7-15H,1-2,16H2,3-6H3. The van der Waals surface area contributed by atoms with Crippen LogP contribution in [-0.4, -0.2) is 24.5 Å². The van der Waals surface area contributed by atoms with E-state index in [2.05, 4.69) is 13.2 Å². The predicted molar refractivity (Wildman–Crippen MR) is 124 cm³/mol. The van der Waals surface area contributed by atoms with Gasteiger partial charge in [0, 0.05) is 22.8 Å². The van der Waals surface area contributed by atoms with Crippen molar-refractivity contribution < 1.29 is 19.1 Å². The van der Waals surface area contributed by atoms with Crippen molar-refractivity contribution in [3.63, 3.8) is 0 Å². The van der Waals surface area contributed by atoms with Crippen molar-refractivity contribution in [1.29, 1.82) is 0 Å². The molecule has 31 heavy (non-hydrogen) atoms. The van der Waals surface area contributed by atoms with E-state index in [0.717, 1.165) is 39.6 Å². The van der Waals surface area contributed by atoms with Gasteiger partial charge < -0.3 is 9.47 Å². The Balaban J connectivity index is 2.32. The molecule has 0 spiro atoms. The fraction of sp³-hybridized carbons (Fsp3) is 0.231. The summed E-state index contributed by atoms with van der Waals surface area (Å²) in [6, 6.07) is 11.5. The lowest BCUT2D eigenvalue weighted by Gasteiger charge is -2.42. The normalized spacial score (nSPS) is 14.2. The number of anilines is 1. The van der Waals surface area contributed by atoms with Gasteiger partial charge in [0.05, 0.1) is 18.3 Å². The second-order valence-electron chi connectivity index (χ2n) is 7.86. The largest absolute Gasteiger partial charge is 0.496 e. The average Bonchev–Trinajstić information content (AvgIpc) is 2.75. The minimum atomic E-state index is -0.538. The number of hydrogen-bond donors (Lipinski definition) is 0. The van der Waals surface area contributed by atoms with Gasteiger partial charge in [-0.2, -0.15) is 0 Å². The molecule has 0 saturated heterocycles. The Morgan fingerprint density at radius 3 is 2.42 bits per heavy atom. The highest BCUT2D eigenvalue weighted by molar-refractivity contribution is 6.07. The van der Waals surface area contributed by atoms with Gasteiger partial charge in [-0.25, -0.2) is 4.79 Å². The maximum absolute atomic E-state index is 12.8. The number of carbonyl (C=O) groups excluding carboxylic acids is 2. The van der Waals surface area contributed by atoms with Crippen molar-refractivity contribution in [2.75, 3.05) is 12.0 Å².